The Morgan fingerprint density at radius 2 is 1.31 bits per heavy atom. The van der Waals surface area contributed by atoms with Gasteiger partial charge in [-0.15, -0.1) is 0 Å². The van der Waals surface area contributed by atoms with Crippen LogP contribution in [0.3, 0.4) is 0 Å². The molecule has 0 amide bonds. The van der Waals surface area contributed by atoms with Gasteiger partial charge in [0.2, 0.25) is 0 Å². The van der Waals surface area contributed by atoms with Crippen LogP contribution in [0.1, 0.15) is 0 Å². The molecule has 0 unspecified atom stereocenters. The summed E-state index contributed by atoms with van der Waals surface area (Å²) < 4.78 is 14.0. The maximum Gasteiger partial charge on any atom is 0.185 e. The van der Waals surface area contributed by atoms with Gasteiger partial charge in [-0.1, -0.05) is 0 Å². The van der Waals surface area contributed by atoms with Crippen molar-refractivity contribution in [1.82, 2.24) is 0 Å². The Kier molecular flexibility index (Phi) is 10.1. The Morgan fingerprint density at radius 1 is 0.846 bits per heavy atom. The molecule has 0 bridgehead atoms. The number of rotatable bonds is 8. The maximum absolute atomic E-state index is 8.20. The van der Waals surface area contributed by atoms with Crippen molar-refractivity contribution in [2.75, 3.05) is 26.8 Å². The smallest absolute Gasteiger partial charge is 0.185 e. The minimum Gasteiger partial charge on any atom is -0.476 e. The molecule has 0 spiro atoms. The van der Waals surface area contributed by atoms with Gasteiger partial charge < -0.3 is 24.4 Å². The molecule has 0 heterocycles. The van der Waals surface area contributed by atoms with Gasteiger partial charge in [-0.25, -0.2) is 0 Å². The zero-order valence-corrected chi connectivity index (χ0v) is 7.26. The average molecular weight is 190 g/mol. The topological polar surface area (TPSA) is 68.2 Å². The van der Waals surface area contributed by atoms with Gasteiger partial charge in [0.05, 0.1) is 25.7 Å². The summed E-state index contributed by atoms with van der Waals surface area (Å²) in [4.78, 5) is 0. The first kappa shape index (κ1) is 12.0. The standard InChI is InChI=1S/C8H14O5/c9-7-12-5-1-3-11-4-2-6-13-8-10/h1-2,5-6,9-10H,3-4,7-8H2. The maximum atomic E-state index is 8.20. The first-order valence-electron chi connectivity index (χ1n) is 3.74. The molecule has 5 heteroatoms. The van der Waals surface area contributed by atoms with Crippen LogP contribution < -0.4 is 0 Å². The Labute approximate surface area is 76.8 Å². The van der Waals surface area contributed by atoms with Gasteiger partial charge in [0.25, 0.3) is 0 Å². The van der Waals surface area contributed by atoms with E-state index in [1.807, 2.05) is 0 Å². The zero-order chi connectivity index (χ0) is 9.78. The van der Waals surface area contributed by atoms with Gasteiger partial charge in [0.15, 0.2) is 13.6 Å². The van der Waals surface area contributed by atoms with E-state index in [1.165, 1.54) is 12.5 Å². The first-order chi connectivity index (χ1) is 6.41. The van der Waals surface area contributed by atoms with Crippen LogP contribution in [0, 0.1) is 0 Å². The van der Waals surface area contributed by atoms with Crippen molar-refractivity contribution in [3.05, 3.63) is 24.7 Å². The third-order valence-electron chi connectivity index (χ3n) is 0.962. The van der Waals surface area contributed by atoms with Gasteiger partial charge in [-0.2, -0.15) is 0 Å². The zero-order valence-electron chi connectivity index (χ0n) is 7.26. The number of ether oxygens (including phenoxy) is 3. The average Bonchev–Trinajstić information content (AvgIpc) is 2.16. The summed E-state index contributed by atoms with van der Waals surface area (Å²) in [5, 5.41) is 16.4. The first-order valence-corrected chi connectivity index (χ1v) is 3.74. The highest BCUT2D eigenvalue weighted by Crippen LogP contribution is 1.82. The van der Waals surface area contributed by atoms with E-state index < -0.39 is 0 Å². The molecule has 0 rings (SSSR count). The molecule has 0 aromatic carbocycles. The molecular formula is C8H14O5. The largest absolute Gasteiger partial charge is 0.476 e. The Hall–Kier alpha value is -1.04. The van der Waals surface area contributed by atoms with E-state index in [2.05, 4.69) is 9.47 Å². The number of aliphatic hydroxyl groups excluding tert-OH is 2. The van der Waals surface area contributed by atoms with Crippen molar-refractivity contribution in [2.24, 2.45) is 0 Å². The fourth-order valence-electron chi connectivity index (χ4n) is 0.505. The third kappa shape index (κ3) is 11.0. The lowest BCUT2D eigenvalue weighted by Crippen LogP contribution is -1.92. The summed E-state index contributed by atoms with van der Waals surface area (Å²) in [7, 11) is 0. The van der Waals surface area contributed by atoms with Crippen LogP contribution >= 0.6 is 0 Å². The summed E-state index contributed by atoms with van der Waals surface area (Å²) >= 11 is 0. The SMILES string of the molecule is OCOC=CCOCC=COCO. The van der Waals surface area contributed by atoms with Gasteiger partial charge in [-0.3, -0.25) is 0 Å². The summed E-state index contributed by atoms with van der Waals surface area (Å²) in [6.45, 7) is 0.119. The van der Waals surface area contributed by atoms with Crippen LogP contribution in [0.2, 0.25) is 0 Å². The van der Waals surface area contributed by atoms with E-state index in [4.69, 9.17) is 14.9 Å². The Bertz CT molecular complexity index is 127. The van der Waals surface area contributed by atoms with Crippen molar-refractivity contribution in [2.45, 2.75) is 0 Å². The lowest BCUT2D eigenvalue weighted by molar-refractivity contribution is 0.0578. The molecule has 5 nitrogen and oxygen atoms in total. The molecule has 0 aliphatic rings. The third-order valence-corrected chi connectivity index (χ3v) is 0.962. The van der Waals surface area contributed by atoms with Gasteiger partial charge in [-0.05, 0) is 12.2 Å². The molecule has 0 aliphatic heterocycles. The predicted molar refractivity (Wildman–Crippen MR) is 45.4 cm³/mol. The summed E-state index contributed by atoms with van der Waals surface area (Å²) in [5.74, 6) is 0. The molecule has 0 radical (unpaired) electrons. The molecule has 0 saturated heterocycles. The van der Waals surface area contributed by atoms with Crippen LogP contribution in [-0.2, 0) is 14.2 Å². The molecule has 0 aliphatic carbocycles. The van der Waals surface area contributed by atoms with E-state index in [0.29, 0.717) is 13.2 Å². The highest BCUT2D eigenvalue weighted by Gasteiger charge is 1.79. The highest BCUT2D eigenvalue weighted by molar-refractivity contribution is 4.76. The number of hydrogen-bond donors (Lipinski definition) is 2. The predicted octanol–water partition coefficient (Wildman–Crippen LogP) is -0.0368. The quantitative estimate of drug-likeness (QED) is 0.319. The summed E-state index contributed by atoms with van der Waals surface area (Å²) in [6, 6.07) is 0. The van der Waals surface area contributed by atoms with E-state index in [9.17, 15) is 0 Å². The van der Waals surface area contributed by atoms with Crippen LogP contribution in [0.5, 0.6) is 0 Å². The van der Waals surface area contributed by atoms with Gasteiger partial charge >= 0.3 is 0 Å². The fourth-order valence-corrected chi connectivity index (χ4v) is 0.505. The molecule has 76 valence electrons. The second kappa shape index (κ2) is 11.0. The van der Waals surface area contributed by atoms with E-state index >= 15 is 0 Å². The van der Waals surface area contributed by atoms with Crippen molar-refractivity contribution in [3.8, 4) is 0 Å². The molecular weight excluding hydrogens is 176 g/mol. The van der Waals surface area contributed by atoms with Gasteiger partial charge in [0, 0.05) is 0 Å². The van der Waals surface area contributed by atoms with E-state index in [0.717, 1.165) is 0 Å². The Morgan fingerprint density at radius 3 is 1.69 bits per heavy atom. The van der Waals surface area contributed by atoms with Crippen molar-refractivity contribution in [3.63, 3.8) is 0 Å². The van der Waals surface area contributed by atoms with Crippen molar-refractivity contribution in [1.29, 1.82) is 0 Å². The van der Waals surface area contributed by atoms with E-state index in [-0.39, 0.29) is 13.6 Å². The Balaban J connectivity index is 3.07. The molecule has 0 atom stereocenters. The van der Waals surface area contributed by atoms with Crippen LogP contribution in [0.25, 0.3) is 0 Å². The lowest BCUT2D eigenvalue weighted by atomic mass is 10.6. The minimum atomic E-state index is -0.333. The molecule has 2 N–H and O–H groups in total. The molecule has 0 saturated carbocycles. The molecule has 13 heavy (non-hydrogen) atoms. The van der Waals surface area contributed by atoms with Gasteiger partial charge in [0.1, 0.15) is 0 Å². The number of hydrogen-bond acceptors (Lipinski definition) is 5. The monoisotopic (exact) mass is 190 g/mol. The second-order valence-corrected chi connectivity index (χ2v) is 1.87. The summed E-state index contributed by atoms with van der Waals surface area (Å²) in [5.41, 5.74) is 0. The van der Waals surface area contributed by atoms with E-state index in [1.54, 1.807) is 12.2 Å². The second-order valence-electron chi connectivity index (χ2n) is 1.87. The van der Waals surface area contributed by atoms with Crippen LogP contribution in [0.15, 0.2) is 24.7 Å². The highest BCUT2D eigenvalue weighted by atomic mass is 16.6. The molecule has 0 aromatic heterocycles. The fraction of sp³-hybridized carbons (Fsp3) is 0.500. The van der Waals surface area contributed by atoms with Crippen molar-refractivity contribution < 1.29 is 24.4 Å². The van der Waals surface area contributed by atoms with Crippen molar-refractivity contribution >= 4 is 0 Å². The molecule has 0 aromatic rings. The van der Waals surface area contributed by atoms with Crippen LogP contribution in [0.4, 0.5) is 0 Å². The summed E-state index contributed by atoms with van der Waals surface area (Å²) in [6.07, 6.45) is 5.95. The minimum absolute atomic E-state index is 0.333. The lowest BCUT2D eigenvalue weighted by Gasteiger charge is -1.95. The number of aliphatic hydroxyl groups is 2. The van der Waals surface area contributed by atoms with Crippen LogP contribution in [-0.4, -0.2) is 37.0 Å². The normalized spacial score (nSPS) is 11.2. The molecule has 0 fully saturated rings.